The zero-order valence-electron chi connectivity index (χ0n) is 11.5. The third-order valence-corrected chi connectivity index (χ3v) is 4.05. The molecule has 1 amide bonds. The van der Waals surface area contributed by atoms with E-state index in [-0.39, 0.29) is 11.9 Å². The smallest absolute Gasteiger partial charge is 0.268 e. The second kappa shape index (κ2) is 6.57. The quantitative estimate of drug-likeness (QED) is 0.903. The van der Waals surface area contributed by atoms with Gasteiger partial charge >= 0.3 is 0 Å². The lowest BCUT2D eigenvalue weighted by Crippen LogP contribution is -2.34. The lowest BCUT2D eigenvalue weighted by atomic mass is 10.2. The monoisotopic (exact) mass is 328 g/mol. The van der Waals surface area contributed by atoms with Crippen LogP contribution in [0.1, 0.15) is 43.1 Å². The normalized spacial score (nSPS) is 22.7. The lowest BCUT2D eigenvalue weighted by Gasteiger charge is -2.14. The fourth-order valence-electron chi connectivity index (χ4n) is 2.64. The summed E-state index contributed by atoms with van der Waals surface area (Å²) in [5, 5.41) is 3.11. The van der Waals surface area contributed by atoms with Crippen molar-refractivity contribution >= 4 is 21.8 Å². The molecule has 2 unspecified atom stereocenters. The van der Waals surface area contributed by atoms with E-state index in [2.05, 4.69) is 28.2 Å². The molecule has 1 fully saturated rings. The highest BCUT2D eigenvalue weighted by atomic mass is 79.9. The number of methoxy groups -OCH3 is 1. The Balaban J connectivity index is 2.00. The maximum Gasteiger partial charge on any atom is 0.268 e. The predicted molar refractivity (Wildman–Crippen MR) is 78.3 cm³/mol. The molecule has 4 nitrogen and oxygen atoms in total. The Hall–Kier alpha value is -0.810. The van der Waals surface area contributed by atoms with Crippen LogP contribution in [0.4, 0.5) is 0 Å². The third-order valence-electron chi connectivity index (χ3n) is 3.61. The van der Waals surface area contributed by atoms with Crippen molar-refractivity contribution in [2.45, 2.75) is 51.3 Å². The molecule has 1 aliphatic carbocycles. The highest BCUT2D eigenvalue weighted by molar-refractivity contribution is 9.10. The molecule has 19 heavy (non-hydrogen) atoms. The van der Waals surface area contributed by atoms with Gasteiger partial charge in [-0.2, -0.15) is 0 Å². The molecule has 2 atom stereocenters. The van der Waals surface area contributed by atoms with Gasteiger partial charge in [0.15, 0.2) is 0 Å². The third kappa shape index (κ3) is 3.60. The SMILES string of the molecule is CCCn1cc(Br)cc1C(=O)NC1CCC(OC)C1. The Morgan fingerprint density at radius 1 is 1.58 bits per heavy atom. The van der Waals surface area contributed by atoms with Crippen LogP contribution in [0.15, 0.2) is 16.7 Å². The van der Waals surface area contributed by atoms with E-state index in [1.54, 1.807) is 7.11 Å². The summed E-state index contributed by atoms with van der Waals surface area (Å²) in [6.45, 7) is 2.97. The molecule has 106 valence electrons. The minimum absolute atomic E-state index is 0.0147. The Bertz CT molecular complexity index is 445. The fourth-order valence-corrected chi connectivity index (χ4v) is 3.10. The van der Waals surface area contributed by atoms with E-state index in [1.807, 2.05) is 16.8 Å². The summed E-state index contributed by atoms with van der Waals surface area (Å²) in [4.78, 5) is 12.3. The second-order valence-electron chi connectivity index (χ2n) is 5.08. The van der Waals surface area contributed by atoms with E-state index in [9.17, 15) is 4.79 Å². The molecule has 1 aromatic heterocycles. The summed E-state index contributed by atoms with van der Waals surface area (Å²) < 4.78 is 8.28. The summed E-state index contributed by atoms with van der Waals surface area (Å²) in [6, 6.07) is 2.12. The van der Waals surface area contributed by atoms with Gasteiger partial charge in [-0.15, -0.1) is 0 Å². The van der Waals surface area contributed by atoms with Gasteiger partial charge in [-0.25, -0.2) is 0 Å². The average molecular weight is 329 g/mol. The summed E-state index contributed by atoms with van der Waals surface area (Å²) in [6.07, 6.45) is 6.21. The molecule has 0 saturated heterocycles. The molecular weight excluding hydrogens is 308 g/mol. The first-order chi connectivity index (χ1) is 9.13. The van der Waals surface area contributed by atoms with Gasteiger partial charge in [-0.3, -0.25) is 4.79 Å². The number of aryl methyl sites for hydroxylation is 1. The Morgan fingerprint density at radius 3 is 3.00 bits per heavy atom. The largest absolute Gasteiger partial charge is 0.381 e. The van der Waals surface area contributed by atoms with E-state index >= 15 is 0 Å². The maximum absolute atomic E-state index is 12.3. The zero-order chi connectivity index (χ0) is 13.8. The van der Waals surface area contributed by atoms with Crippen LogP contribution in [0, 0.1) is 0 Å². The van der Waals surface area contributed by atoms with E-state index < -0.39 is 0 Å². The topological polar surface area (TPSA) is 43.3 Å². The minimum atomic E-state index is 0.0147. The van der Waals surface area contributed by atoms with Gasteiger partial charge in [-0.05, 0) is 47.7 Å². The number of nitrogens with zero attached hydrogens (tertiary/aromatic N) is 1. The van der Waals surface area contributed by atoms with Crippen molar-refractivity contribution in [3.63, 3.8) is 0 Å². The molecule has 0 bridgehead atoms. The Kier molecular flexibility index (Phi) is 5.05. The van der Waals surface area contributed by atoms with Crippen molar-refractivity contribution < 1.29 is 9.53 Å². The van der Waals surface area contributed by atoms with Crippen LogP contribution < -0.4 is 5.32 Å². The molecule has 1 saturated carbocycles. The van der Waals surface area contributed by atoms with Crippen LogP contribution in [0.2, 0.25) is 0 Å². The summed E-state index contributed by atoms with van der Waals surface area (Å²) in [5.74, 6) is 0.0147. The number of carbonyl (C=O) groups excluding carboxylic acids is 1. The van der Waals surface area contributed by atoms with E-state index in [1.165, 1.54) is 0 Å². The van der Waals surface area contributed by atoms with Crippen LogP contribution in [-0.2, 0) is 11.3 Å². The predicted octanol–water partition coefficient (Wildman–Crippen LogP) is 2.96. The molecule has 1 heterocycles. The number of nitrogens with one attached hydrogen (secondary N) is 1. The molecule has 0 aliphatic heterocycles. The van der Waals surface area contributed by atoms with Gasteiger partial charge in [0.1, 0.15) is 5.69 Å². The van der Waals surface area contributed by atoms with Crippen LogP contribution in [0.3, 0.4) is 0 Å². The Morgan fingerprint density at radius 2 is 2.37 bits per heavy atom. The van der Waals surface area contributed by atoms with E-state index in [0.29, 0.717) is 6.10 Å². The number of aromatic nitrogens is 1. The first-order valence-corrected chi connectivity index (χ1v) is 7.62. The lowest BCUT2D eigenvalue weighted by molar-refractivity contribution is 0.0906. The van der Waals surface area contributed by atoms with Crippen molar-refractivity contribution in [1.29, 1.82) is 0 Å². The number of ether oxygens (including phenoxy) is 1. The van der Waals surface area contributed by atoms with E-state index in [0.717, 1.165) is 42.4 Å². The Labute approximate surface area is 122 Å². The van der Waals surface area contributed by atoms with Crippen molar-refractivity contribution in [3.8, 4) is 0 Å². The summed E-state index contributed by atoms with van der Waals surface area (Å²) in [7, 11) is 1.73. The molecule has 1 aromatic rings. The fraction of sp³-hybridized carbons (Fsp3) is 0.643. The highest BCUT2D eigenvalue weighted by Gasteiger charge is 2.26. The van der Waals surface area contributed by atoms with Gasteiger partial charge < -0.3 is 14.6 Å². The van der Waals surface area contributed by atoms with Crippen LogP contribution in [0.25, 0.3) is 0 Å². The molecule has 1 N–H and O–H groups in total. The number of hydrogen-bond acceptors (Lipinski definition) is 2. The van der Waals surface area contributed by atoms with Crippen molar-refractivity contribution in [3.05, 3.63) is 22.4 Å². The number of halogens is 1. The first-order valence-electron chi connectivity index (χ1n) is 6.83. The molecule has 0 aromatic carbocycles. The standard InChI is InChI=1S/C14H21BrN2O2/c1-3-6-17-9-10(15)7-13(17)14(18)16-11-4-5-12(8-11)19-2/h7,9,11-12H,3-6,8H2,1-2H3,(H,16,18). The van der Waals surface area contributed by atoms with Gasteiger partial charge in [0, 0.05) is 30.4 Å². The van der Waals surface area contributed by atoms with Crippen molar-refractivity contribution in [2.75, 3.05) is 7.11 Å². The molecule has 0 radical (unpaired) electrons. The molecule has 2 rings (SSSR count). The van der Waals surface area contributed by atoms with Crippen LogP contribution >= 0.6 is 15.9 Å². The number of carbonyl (C=O) groups is 1. The van der Waals surface area contributed by atoms with Crippen LogP contribution in [0.5, 0.6) is 0 Å². The summed E-state index contributed by atoms with van der Waals surface area (Å²) in [5.41, 5.74) is 0.731. The van der Waals surface area contributed by atoms with Gasteiger partial charge in [0.2, 0.25) is 0 Å². The minimum Gasteiger partial charge on any atom is -0.381 e. The number of rotatable bonds is 5. The zero-order valence-corrected chi connectivity index (χ0v) is 13.1. The number of hydrogen-bond donors (Lipinski definition) is 1. The van der Waals surface area contributed by atoms with Gasteiger partial charge in [0.25, 0.3) is 5.91 Å². The molecule has 5 heteroatoms. The maximum atomic E-state index is 12.3. The summed E-state index contributed by atoms with van der Waals surface area (Å²) >= 11 is 3.43. The van der Waals surface area contributed by atoms with Crippen LogP contribution in [-0.4, -0.2) is 29.7 Å². The van der Waals surface area contributed by atoms with Crippen molar-refractivity contribution in [1.82, 2.24) is 9.88 Å². The molecular formula is C14H21BrN2O2. The highest BCUT2D eigenvalue weighted by Crippen LogP contribution is 2.22. The molecule has 0 spiro atoms. The van der Waals surface area contributed by atoms with Gasteiger partial charge in [0.05, 0.1) is 6.10 Å². The number of amides is 1. The van der Waals surface area contributed by atoms with E-state index in [4.69, 9.17) is 4.74 Å². The van der Waals surface area contributed by atoms with Gasteiger partial charge in [-0.1, -0.05) is 6.92 Å². The second-order valence-corrected chi connectivity index (χ2v) is 5.99. The average Bonchev–Trinajstić information content (AvgIpc) is 2.96. The van der Waals surface area contributed by atoms with Crippen molar-refractivity contribution in [2.24, 2.45) is 0 Å². The molecule has 1 aliphatic rings. The first kappa shape index (κ1) is 14.6.